The maximum atomic E-state index is 3.57. The fourth-order valence-electron chi connectivity index (χ4n) is 2.13. The third-order valence-corrected chi connectivity index (χ3v) is 2.92. The predicted octanol–water partition coefficient (Wildman–Crippen LogP) is 2.46. The molecule has 0 aromatic rings. The normalized spacial score (nSPS) is 24.6. The summed E-state index contributed by atoms with van der Waals surface area (Å²) in [6.07, 6.45) is 17.5. The van der Waals surface area contributed by atoms with Gasteiger partial charge in [0.2, 0.25) is 0 Å². The van der Waals surface area contributed by atoms with Crippen LogP contribution in [0.3, 0.4) is 0 Å². The summed E-state index contributed by atoms with van der Waals surface area (Å²) in [5.41, 5.74) is 0. The highest BCUT2D eigenvalue weighted by atomic mass is 15.1. The zero-order chi connectivity index (χ0) is 9.64. The fraction of sp³-hybridized carbons (Fsp3) is 0.583. The van der Waals surface area contributed by atoms with E-state index in [-0.39, 0.29) is 0 Å². The standard InChI is InChI=1S/C12H19N2/c1-2-4-8-11(7-3-1)14-12-9-5-6-10-13-12/h5-6,9-11,13-14H,1-4,7-8H2. The van der Waals surface area contributed by atoms with Crippen molar-refractivity contribution in [2.45, 2.75) is 44.6 Å². The van der Waals surface area contributed by atoms with Crippen LogP contribution in [-0.4, -0.2) is 6.04 Å². The van der Waals surface area contributed by atoms with E-state index >= 15 is 0 Å². The van der Waals surface area contributed by atoms with Crippen LogP contribution in [0.2, 0.25) is 0 Å². The third kappa shape index (κ3) is 2.88. The molecule has 2 N–H and O–H groups in total. The summed E-state index contributed by atoms with van der Waals surface area (Å²) in [5, 5.41) is 6.79. The first kappa shape index (κ1) is 9.78. The molecule has 0 saturated heterocycles. The highest BCUT2D eigenvalue weighted by Crippen LogP contribution is 2.18. The molecule has 1 radical (unpaired) electrons. The molecule has 1 saturated carbocycles. The molecular formula is C12H19N2. The van der Waals surface area contributed by atoms with Crippen LogP contribution in [-0.2, 0) is 0 Å². The lowest BCUT2D eigenvalue weighted by Gasteiger charge is -2.22. The Balaban J connectivity index is 1.77. The van der Waals surface area contributed by atoms with E-state index in [1.807, 2.05) is 12.3 Å². The summed E-state index contributed by atoms with van der Waals surface area (Å²) < 4.78 is 0. The van der Waals surface area contributed by atoms with Crippen molar-refractivity contribution < 1.29 is 0 Å². The van der Waals surface area contributed by atoms with Gasteiger partial charge in [-0.3, -0.25) is 5.32 Å². The maximum Gasteiger partial charge on any atom is 0.149 e. The highest BCUT2D eigenvalue weighted by molar-refractivity contribution is 5.20. The fourth-order valence-corrected chi connectivity index (χ4v) is 2.13. The first-order valence-corrected chi connectivity index (χ1v) is 5.68. The molecule has 1 aliphatic heterocycles. The van der Waals surface area contributed by atoms with Crippen LogP contribution in [0.1, 0.15) is 38.5 Å². The molecule has 0 aromatic heterocycles. The number of dihydropyridines is 1. The van der Waals surface area contributed by atoms with E-state index in [0.29, 0.717) is 6.04 Å². The van der Waals surface area contributed by atoms with Gasteiger partial charge in [-0.15, -0.1) is 0 Å². The van der Waals surface area contributed by atoms with Crippen molar-refractivity contribution >= 4 is 0 Å². The Morgan fingerprint density at radius 1 is 1.07 bits per heavy atom. The Labute approximate surface area is 86.5 Å². The summed E-state index contributed by atoms with van der Waals surface area (Å²) in [6, 6.07) is 0.677. The predicted molar refractivity (Wildman–Crippen MR) is 59.3 cm³/mol. The smallest absolute Gasteiger partial charge is 0.149 e. The Kier molecular flexibility index (Phi) is 3.64. The van der Waals surface area contributed by atoms with Gasteiger partial charge in [0.25, 0.3) is 0 Å². The SMILES string of the molecule is C1=CN[C](NC2CCCCCC2)C=C1. The van der Waals surface area contributed by atoms with Crippen molar-refractivity contribution in [1.29, 1.82) is 0 Å². The average Bonchev–Trinajstić information content (AvgIpc) is 2.48. The molecule has 1 heterocycles. The molecule has 0 amide bonds. The highest BCUT2D eigenvalue weighted by Gasteiger charge is 2.15. The van der Waals surface area contributed by atoms with Gasteiger partial charge in [0.15, 0.2) is 0 Å². The van der Waals surface area contributed by atoms with Crippen LogP contribution in [0.25, 0.3) is 0 Å². The zero-order valence-electron chi connectivity index (χ0n) is 8.63. The number of nitrogens with one attached hydrogen (secondary N) is 2. The topological polar surface area (TPSA) is 24.1 Å². The van der Waals surface area contributed by atoms with E-state index in [4.69, 9.17) is 0 Å². The van der Waals surface area contributed by atoms with Gasteiger partial charge < -0.3 is 5.32 Å². The molecule has 0 aromatic carbocycles. The first-order chi connectivity index (χ1) is 6.95. The van der Waals surface area contributed by atoms with Gasteiger partial charge in [-0.1, -0.05) is 31.8 Å². The van der Waals surface area contributed by atoms with Crippen molar-refractivity contribution in [2.24, 2.45) is 0 Å². The van der Waals surface area contributed by atoms with Crippen molar-refractivity contribution in [3.05, 3.63) is 30.6 Å². The molecule has 0 bridgehead atoms. The van der Waals surface area contributed by atoms with Gasteiger partial charge in [-0.25, -0.2) is 0 Å². The Hall–Kier alpha value is -0.760. The molecule has 0 unspecified atom stereocenters. The molecule has 2 nitrogen and oxygen atoms in total. The number of hydrogen-bond donors (Lipinski definition) is 2. The second-order valence-electron chi connectivity index (χ2n) is 4.11. The van der Waals surface area contributed by atoms with E-state index in [0.717, 1.165) is 6.17 Å². The lowest BCUT2D eigenvalue weighted by Crippen LogP contribution is -2.38. The van der Waals surface area contributed by atoms with E-state index in [1.165, 1.54) is 38.5 Å². The largest absolute Gasteiger partial charge is 0.367 e. The summed E-state index contributed by atoms with van der Waals surface area (Å²) in [4.78, 5) is 0. The van der Waals surface area contributed by atoms with E-state index in [1.54, 1.807) is 0 Å². The van der Waals surface area contributed by atoms with Crippen LogP contribution >= 0.6 is 0 Å². The Morgan fingerprint density at radius 2 is 1.86 bits per heavy atom. The number of allylic oxidation sites excluding steroid dienone is 2. The first-order valence-electron chi connectivity index (χ1n) is 5.68. The van der Waals surface area contributed by atoms with E-state index in [2.05, 4.69) is 22.8 Å². The van der Waals surface area contributed by atoms with Crippen LogP contribution in [0, 0.1) is 6.17 Å². The van der Waals surface area contributed by atoms with Gasteiger partial charge in [-0.05, 0) is 31.2 Å². The van der Waals surface area contributed by atoms with E-state index < -0.39 is 0 Å². The quantitative estimate of drug-likeness (QED) is 0.655. The summed E-state index contributed by atoms with van der Waals surface area (Å²) >= 11 is 0. The average molecular weight is 191 g/mol. The molecule has 0 spiro atoms. The minimum absolute atomic E-state index is 0.677. The zero-order valence-corrected chi connectivity index (χ0v) is 8.63. The lowest BCUT2D eigenvalue weighted by molar-refractivity contribution is 0.464. The third-order valence-electron chi connectivity index (χ3n) is 2.92. The molecule has 14 heavy (non-hydrogen) atoms. The lowest BCUT2D eigenvalue weighted by atomic mass is 10.1. The Morgan fingerprint density at radius 3 is 2.50 bits per heavy atom. The molecule has 2 aliphatic rings. The minimum Gasteiger partial charge on any atom is -0.367 e. The monoisotopic (exact) mass is 191 g/mol. The van der Waals surface area contributed by atoms with Gasteiger partial charge in [0, 0.05) is 6.04 Å². The van der Waals surface area contributed by atoms with Crippen LogP contribution < -0.4 is 10.6 Å². The summed E-state index contributed by atoms with van der Waals surface area (Å²) in [5.74, 6) is 0. The maximum absolute atomic E-state index is 3.57. The number of hydrogen-bond acceptors (Lipinski definition) is 2. The summed E-state index contributed by atoms with van der Waals surface area (Å²) in [6.45, 7) is 0. The molecule has 0 atom stereocenters. The second-order valence-corrected chi connectivity index (χ2v) is 4.11. The van der Waals surface area contributed by atoms with Gasteiger partial charge in [0.1, 0.15) is 6.17 Å². The molecule has 2 rings (SSSR count). The number of rotatable bonds is 2. The van der Waals surface area contributed by atoms with Crippen molar-refractivity contribution in [2.75, 3.05) is 0 Å². The molecule has 77 valence electrons. The van der Waals surface area contributed by atoms with Gasteiger partial charge in [-0.2, -0.15) is 0 Å². The minimum atomic E-state index is 0.677. The molecule has 1 fully saturated rings. The molecular weight excluding hydrogens is 172 g/mol. The van der Waals surface area contributed by atoms with Gasteiger partial charge in [0.05, 0.1) is 0 Å². The second kappa shape index (κ2) is 5.20. The van der Waals surface area contributed by atoms with E-state index in [9.17, 15) is 0 Å². The Bertz CT molecular complexity index is 212. The van der Waals surface area contributed by atoms with Crippen LogP contribution in [0.4, 0.5) is 0 Å². The van der Waals surface area contributed by atoms with Gasteiger partial charge >= 0.3 is 0 Å². The van der Waals surface area contributed by atoms with Crippen molar-refractivity contribution in [1.82, 2.24) is 10.6 Å². The molecule has 2 heteroatoms. The van der Waals surface area contributed by atoms with Crippen LogP contribution in [0.5, 0.6) is 0 Å². The van der Waals surface area contributed by atoms with Crippen molar-refractivity contribution in [3.63, 3.8) is 0 Å². The van der Waals surface area contributed by atoms with Crippen molar-refractivity contribution in [3.8, 4) is 0 Å². The summed E-state index contributed by atoms with van der Waals surface area (Å²) in [7, 11) is 0. The molecule has 1 aliphatic carbocycles. The van der Waals surface area contributed by atoms with Crippen LogP contribution in [0.15, 0.2) is 24.4 Å².